The molecule has 0 bridgehead atoms. The van der Waals surface area contributed by atoms with Crippen molar-refractivity contribution in [3.8, 4) is 0 Å². The summed E-state index contributed by atoms with van der Waals surface area (Å²) in [5.74, 6) is 0. The first kappa shape index (κ1) is 6.05. The molecule has 8 heavy (non-hydrogen) atoms. The van der Waals surface area contributed by atoms with E-state index in [9.17, 15) is 5.11 Å². The lowest BCUT2D eigenvalue weighted by Crippen LogP contribution is -2.40. The van der Waals surface area contributed by atoms with Crippen LogP contribution < -0.4 is 5.73 Å². The smallest absolute Gasteiger partial charge is 0.0769 e. The van der Waals surface area contributed by atoms with Gasteiger partial charge < -0.3 is 10.8 Å². The minimum absolute atomic E-state index is 0.0162. The van der Waals surface area contributed by atoms with Gasteiger partial charge in [-0.15, -0.1) is 0 Å². The molecule has 0 aromatic rings. The Morgan fingerprint density at radius 2 is 2.38 bits per heavy atom. The van der Waals surface area contributed by atoms with Crippen molar-refractivity contribution >= 4 is 0 Å². The Labute approximate surface area is 49.7 Å². The molecule has 2 nitrogen and oxygen atoms in total. The Morgan fingerprint density at radius 3 is 2.50 bits per heavy atom. The number of aliphatic hydroxyl groups is 1. The normalized spacial score (nSPS) is 47.6. The van der Waals surface area contributed by atoms with E-state index in [1.807, 2.05) is 6.92 Å². The molecule has 1 fully saturated rings. The van der Waals surface area contributed by atoms with Crippen molar-refractivity contribution in [1.29, 1.82) is 0 Å². The van der Waals surface area contributed by atoms with Crippen LogP contribution in [0.3, 0.4) is 0 Å². The van der Waals surface area contributed by atoms with Crippen LogP contribution in [0, 0.1) is 0 Å². The highest BCUT2D eigenvalue weighted by Gasteiger charge is 2.33. The van der Waals surface area contributed by atoms with Crippen LogP contribution in [0.2, 0.25) is 0 Å². The molecule has 0 aliphatic heterocycles. The Bertz CT molecular complexity index is 90.5. The molecule has 1 aliphatic carbocycles. The predicted octanol–water partition coefficient (Wildman–Crippen LogP) is 0.249. The summed E-state index contributed by atoms with van der Waals surface area (Å²) in [7, 11) is 0. The van der Waals surface area contributed by atoms with E-state index in [1.165, 1.54) is 0 Å². The largest absolute Gasteiger partial charge is 0.389 e. The second-order valence-electron chi connectivity index (χ2n) is 2.86. The van der Waals surface area contributed by atoms with Crippen LogP contribution in [-0.2, 0) is 0 Å². The summed E-state index contributed by atoms with van der Waals surface area (Å²) >= 11 is 0. The third-order valence-electron chi connectivity index (χ3n) is 2.00. The molecule has 0 radical (unpaired) electrons. The van der Waals surface area contributed by atoms with Crippen molar-refractivity contribution in [2.45, 2.75) is 37.8 Å². The van der Waals surface area contributed by atoms with E-state index in [0.717, 1.165) is 19.3 Å². The molecule has 0 aromatic heterocycles. The summed E-state index contributed by atoms with van der Waals surface area (Å²) in [6.45, 7) is 1.81. The lowest BCUT2D eigenvalue weighted by atomic mass is 10.0. The van der Waals surface area contributed by atoms with Crippen molar-refractivity contribution in [2.24, 2.45) is 5.73 Å². The summed E-state index contributed by atoms with van der Waals surface area (Å²) in [5, 5.41) is 9.34. The number of hydrogen-bond donors (Lipinski definition) is 2. The average Bonchev–Trinajstić information content (AvgIpc) is 1.86. The molecule has 0 aromatic carbocycles. The fourth-order valence-corrected chi connectivity index (χ4v) is 1.18. The zero-order valence-corrected chi connectivity index (χ0v) is 5.22. The average molecular weight is 115 g/mol. The van der Waals surface area contributed by atoms with Gasteiger partial charge in [-0.05, 0) is 26.2 Å². The van der Waals surface area contributed by atoms with Gasteiger partial charge in [0.1, 0.15) is 0 Å². The zero-order chi connectivity index (χ0) is 6.20. The maximum atomic E-state index is 9.34. The van der Waals surface area contributed by atoms with Crippen molar-refractivity contribution in [1.82, 2.24) is 0 Å². The topological polar surface area (TPSA) is 46.2 Å². The molecule has 0 spiro atoms. The first-order valence-corrected chi connectivity index (χ1v) is 3.11. The monoisotopic (exact) mass is 115 g/mol. The lowest BCUT2D eigenvalue weighted by molar-refractivity contribution is 0.0518. The predicted molar refractivity (Wildman–Crippen MR) is 32.5 cm³/mol. The molecular formula is C6H13NO. The van der Waals surface area contributed by atoms with Crippen LogP contribution in [0.4, 0.5) is 0 Å². The van der Waals surface area contributed by atoms with E-state index in [2.05, 4.69) is 0 Å². The SMILES string of the molecule is C[C@@]1(O)CCCC1N. The summed E-state index contributed by atoms with van der Waals surface area (Å²) in [5.41, 5.74) is 4.99. The molecule has 48 valence electrons. The van der Waals surface area contributed by atoms with E-state index >= 15 is 0 Å². The van der Waals surface area contributed by atoms with Crippen molar-refractivity contribution in [3.63, 3.8) is 0 Å². The van der Waals surface area contributed by atoms with Crippen LogP contribution in [0.1, 0.15) is 26.2 Å². The zero-order valence-electron chi connectivity index (χ0n) is 5.22. The van der Waals surface area contributed by atoms with Crippen molar-refractivity contribution in [3.05, 3.63) is 0 Å². The molecule has 3 N–H and O–H groups in total. The Hall–Kier alpha value is -0.0800. The maximum Gasteiger partial charge on any atom is 0.0769 e. The molecule has 2 heteroatoms. The number of nitrogens with two attached hydrogens (primary N) is 1. The fraction of sp³-hybridized carbons (Fsp3) is 1.00. The Morgan fingerprint density at radius 1 is 1.75 bits per heavy atom. The highest BCUT2D eigenvalue weighted by Crippen LogP contribution is 2.27. The molecule has 0 amide bonds. The van der Waals surface area contributed by atoms with Gasteiger partial charge in [0.05, 0.1) is 5.60 Å². The van der Waals surface area contributed by atoms with Crippen LogP contribution in [0.15, 0.2) is 0 Å². The third-order valence-corrected chi connectivity index (χ3v) is 2.00. The molecule has 1 aliphatic rings. The molecule has 1 saturated carbocycles. The third kappa shape index (κ3) is 0.858. The van der Waals surface area contributed by atoms with Crippen molar-refractivity contribution < 1.29 is 5.11 Å². The van der Waals surface area contributed by atoms with E-state index in [0.29, 0.717) is 0 Å². The van der Waals surface area contributed by atoms with E-state index in [1.54, 1.807) is 0 Å². The maximum absolute atomic E-state index is 9.34. The van der Waals surface area contributed by atoms with Gasteiger partial charge in [-0.25, -0.2) is 0 Å². The van der Waals surface area contributed by atoms with Gasteiger partial charge in [-0.2, -0.15) is 0 Å². The van der Waals surface area contributed by atoms with Crippen LogP contribution in [0.5, 0.6) is 0 Å². The summed E-state index contributed by atoms with van der Waals surface area (Å²) in [4.78, 5) is 0. The van der Waals surface area contributed by atoms with Gasteiger partial charge >= 0.3 is 0 Å². The molecule has 0 saturated heterocycles. The van der Waals surface area contributed by atoms with Gasteiger partial charge in [-0.1, -0.05) is 0 Å². The summed E-state index contributed by atoms with van der Waals surface area (Å²) in [6.07, 6.45) is 2.93. The van der Waals surface area contributed by atoms with E-state index in [-0.39, 0.29) is 6.04 Å². The first-order valence-electron chi connectivity index (χ1n) is 3.11. The first-order chi connectivity index (χ1) is 3.63. The minimum atomic E-state index is -0.569. The minimum Gasteiger partial charge on any atom is -0.389 e. The second-order valence-corrected chi connectivity index (χ2v) is 2.86. The molecule has 2 atom stereocenters. The van der Waals surface area contributed by atoms with Crippen LogP contribution >= 0.6 is 0 Å². The van der Waals surface area contributed by atoms with Gasteiger partial charge in [-0.3, -0.25) is 0 Å². The van der Waals surface area contributed by atoms with Crippen molar-refractivity contribution in [2.75, 3.05) is 0 Å². The quantitative estimate of drug-likeness (QED) is 0.475. The second kappa shape index (κ2) is 1.71. The van der Waals surface area contributed by atoms with Gasteiger partial charge in [0.25, 0.3) is 0 Å². The van der Waals surface area contributed by atoms with Gasteiger partial charge in [0, 0.05) is 6.04 Å². The Kier molecular flexibility index (Phi) is 1.29. The fourth-order valence-electron chi connectivity index (χ4n) is 1.18. The lowest BCUT2D eigenvalue weighted by Gasteiger charge is -2.20. The van der Waals surface area contributed by atoms with Gasteiger partial charge in [0.2, 0.25) is 0 Å². The van der Waals surface area contributed by atoms with Gasteiger partial charge in [0.15, 0.2) is 0 Å². The molecule has 1 rings (SSSR count). The van der Waals surface area contributed by atoms with Crippen LogP contribution in [-0.4, -0.2) is 16.7 Å². The molecule has 1 unspecified atom stereocenters. The number of rotatable bonds is 0. The Balaban J connectivity index is 2.54. The highest BCUT2D eigenvalue weighted by atomic mass is 16.3. The molecule has 0 heterocycles. The van der Waals surface area contributed by atoms with E-state index < -0.39 is 5.60 Å². The highest BCUT2D eigenvalue weighted by molar-refractivity contribution is 4.90. The van der Waals surface area contributed by atoms with E-state index in [4.69, 9.17) is 5.73 Å². The summed E-state index contributed by atoms with van der Waals surface area (Å²) < 4.78 is 0. The standard InChI is InChI=1S/C6H13NO/c1-6(8)4-2-3-5(6)7/h5,8H,2-4,7H2,1H3/t5?,6-/m1/s1. The summed E-state index contributed by atoms with van der Waals surface area (Å²) in [6, 6.07) is 0.0162. The number of hydrogen-bond acceptors (Lipinski definition) is 2. The van der Waals surface area contributed by atoms with Crippen LogP contribution in [0.25, 0.3) is 0 Å². The molecular weight excluding hydrogens is 102 g/mol.